The fourth-order valence-corrected chi connectivity index (χ4v) is 3.31. The first-order chi connectivity index (χ1) is 11.3. The molecule has 1 saturated heterocycles. The van der Waals surface area contributed by atoms with E-state index >= 15 is 0 Å². The van der Waals surface area contributed by atoms with Gasteiger partial charge >= 0.3 is 12.4 Å². The minimum atomic E-state index is -5.14. The second kappa shape index (κ2) is 6.74. The van der Waals surface area contributed by atoms with Crippen molar-refractivity contribution >= 4 is 10.0 Å². The summed E-state index contributed by atoms with van der Waals surface area (Å²) in [6.45, 7) is 0.0423. The molecule has 0 aliphatic carbocycles. The van der Waals surface area contributed by atoms with Crippen LogP contribution in [0.15, 0.2) is 23.1 Å². The average molecular weight is 393 g/mol. The molecule has 12 heteroatoms. The van der Waals surface area contributed by atoms with Gasteiger partial charge in [0.2, 0.25) is 10.0 Å². The summed E-state index contributed by atoms with van der Waals surface area (Å²) >= 11 is 0. The lowest BCUT2D eigenvalue weighted by Crippen LogP contribution is -2.35. The average Bonchev–Trinajstić information content (AvgIpc) is 2.97. The van der Waals surface area contributed by atoms with Gasteiger partial charge in [0, 0.05) is 7.05 Å². The highest BCUT2D eigenvalue weighted by atomic mass is 32.2. The van der Waals surface area contributed by atoms with E-state index in [0.717, 1.165) is 7.05 Å². The molecule has 0 N–H and O–H groups in total. The molecular weight excluding hydrogens is 380 g/mol. The molecule has 0 aromatic heterocycles. The van der Waals surface area contributed by atoms with E-state index in [9.17, 15) is 34.8 Å². The first-order valence-corrected chi connectivity index (χ1v) is 8.25. The van der Waals surface area contributed by atoms with Crippen LogP contribution in [0.2, 0.25) is 0 Å². The van der Waals surface area contributed by atoms with Gasteiger partial charge in [-0.25, -0.2) is 8.42 Å². The van der Waals surface area contributed by atoms with E-state index < -0.39 is 44.7 Å². The van der Waals surface area contributed by atoms with Crippen LogP contribution < -0.4 is 0 Å². The number of halogens is 6. The second-order valence-corrected chi connectivity index (χ2v) is 7.24. The van der Waals surface area contributed by atoms with Gasteiger partial charge in [-0.05, 0) is 18.2 Å². The Hall–Kier alpha value is -1.37. The van der Waals surface area contributed by atoms with Gasteiger partial charge in [0.05, 0.1) is 35.8 Å². The SMILES string of the molecule is CN(CC1OCCO1)S(=O)(=O)c1cc(C(F)(F)F)cc(C(F)(F)F)c1. The number of alkyl halides is 6. The largest absolute Gasteiger partial charge is 0.416 e. The number of hydrogen-bond acceptors (Lipinski definition) is 4. The van der Waals surface area contributed by atoms with Crippen LogP contribution in [-0.2, 0) is 31.8 Å². The van der Waals surface area contributed by atoms with Crippen molar-refractivity contribution in [1.29, 1.82) is 0 Å². The van der Waals surface area contributed by atoms with Crippen molar-refractivity contribution in [2.75, 3.05) is 26.8 Å². The molecule has 142 valence electrons. The van der Waals surface area contributed by atoms with Crippen molar-refractivity contribution in [2.45, 2.75) is 23.5 Å². The zero-order valence-corrected chi connectivity index (χ0v) is 13.5. The first-order valence-electron chi connectivity index (χ1n) is 6.81. The third-order valence-electron chi connectivity index (χ3n) is 3.37. The molecule has 0 radical (unpaired) electrons. The molecule has 1 fully saturated rings. The molecule has 5 nitrogen and oxygen atoms in total. The molecule has 0 atom stereocenters. The molecule has 0 unspecified atom stereocenters. The Bertz CT molecular complexity index is 693. The second-order valence-electron chi connectivity index (χ2n) is 5.20. The van der Waals surface area contributed by atoms with E-state index in [2.05, 4.69) is 0 Å². The minimum Gasteiger partial charge on any atom is -0.349 e. The maximum atomic E-state index is 12.8. The predicted octanol–water partition coefficient (Wildman–Crippen LogP) is 2.72. The molecule has 0 bridgehead atoms. The van der Waals surface area contributed by atoms with Gasteiger partial charge in [0.1, 0.15) is 0 Å². The molecule has 2 rings (SSSR count). The summed E-state index contributed by atoms with van der Waals surface area (Å²) in [7, 11) is -3.61. The molecule has 1 heterocycles. The van der Waals surface area contributed by atoms with Gasteiger partial charge in [-0.1, -0.05) is 0 Å². The molecule has 1 aromatic rings. The summed E-state index contributed by atoms with van der Waals surface area (Å²) < 4.78 is 112. The van der Waals surface area contributed by atoms with E-state index in [4.69, 9.17) is 9.47 Å². The fraction of sp³-hybridized carbons (Fsp3) is 0.538. The van der Waals surface area contributed by atoms with Crippen LogP contribution in [0.4, 0.5) is 26.3 Å². The van der Waals surface area contributed by atoms with Crippen molar-refractivity contribution < 1.29 is 44.2 Å². The van der Waals surface area contributed by atoms with Gasteiger partial charge in [-0.3, -0.25) is 0 Å². The Kier molecular flexibility index (Phi) is 5.38. The van der Waals surface area contributed by atoms with Crippen LogP contribution in [0, 0.1) is 0 Å². The normalized spacial score (nSPS) is 17.4. The Morgan fingerprint density at radius 2 is 1.44 bits per heavy atom. The fourth-order valence-electron chi connectivity index (χ4n) is 2.08. The number of sulfonamides is 1. The van der Waals surface area contributed by atoms with Crippen molar-refractivity contribution in [3.8, 4) is 0 Å². The Balaban J connectivity index is 2.44. The summed E-state index contributed by atoms with van der Waals surface area (Å²) in [6, 6.07) is 0.192. The van der Waals surface area contributed by atoms with E-state index in [1.807, 2.05) is 0 Å². The molecule has 25 heavy (non-hydrogen) atoms. The lowest BCUT2D eigenvalue weighted by atomic mass is 10.1. The Morgan fingerprint density at radius 1 is 1.00 bits per heavy atom. The highest BCUT2D eigenvalue weighted by Crippen LogP contribution is 2.37. The molecule has 0 amide bonds. The van der Waals surface area contributed by atoms with Gasteiger partial charge in [0.25, 0.3) is 0 Å². The zero-order valence-electron chi connectivity index (χ0n) is 12.7. The van der Waals surface area contributed by atoms with Crippen molar-refractivity contribution in [1.82, 2.24) is 4.31 Å². The minimum absolute atomic E-state index is 0.137. The van der Waals surface area contributed by atoms with Crippen LogP contribution in [0.3, 0.4) is 0 Å². The highest BCUT2D eigenvalue weighted by molar-refractivity contribution is 7.89. The first kappa shape index (κ1) is 19.9. The van der Waals surface area contributed by atoms with Crippen LogP contribution in [0.5, 0.6) is 0 Å². The summed E-state index contributed by atoms with van der Waals surface area (Å²) in [5, 5.41) is 0. The summed E-state index contributed by atoms with van der Waals surface area (Å²) in [5.41, 5.74) is -3.41. The van der Waals surface area contributed by atoms with Crippen LogP contribution >= 0.6 is 0 Å². The summed E-state index contributed by atoms with van der Waals surface area (Å²) in [4.78, 5) is -1.12. The standard InChI is InChI=1S/C13H13F6NO4S/c1-20(7-11-23-2-3-24-11)25(21,22)10-5-8(12(14,15)16)4-9(6-10)13(17,18)19/h4-6,11H,2-3,7H2,1H3. The Labute approximate surface area is 139 Å². The smallest absolute Gasteiger partial charge is 0.349 e. The molecule has 1 aliphatic heterocycles. The topological polar surface area (TPSA) is 55.8 Å². The quantitative estimate of drug-likeness (QED) is 0.739. The highest BCUT2D eigenvalue weighted by Gasteiger charge is 2.39. The lowest BCUT2D eigenvalue weighted by molar-refractivity contribution is -0.143. The van der Waals surface area contributed by atoms with Crippen molar-refractivity contribution in [3.05, 3.63) is 29.3 Å². The van der Waals surface area contributed by atoms with Gasteiger partial charge < -0.3 is 9.47 Å². The number of benzene rings is 1. The molecular formula is C13H13F6NO4S. The monoisotopic (exact) mass is 393 g/mol. The predicted molar refractivity (Wildman–Crippen MR) is 72.0 cm³/mol. The maximum Gasteiger partial charge on any atom is 0.416 e. The van der Waals surface area contributed by atoms with E-state index in [-0.39, 0.29) is 38.0 Å². The lowest BCUT2D eigenvalue weighted by Gasteiger charge is -2.21. The van der Waals surface area contributed by atoms with Gasteiger partial charge in [-0.2, -0.15) is 30.6 Å². The third kappa shape index (κ3) is 4.63. The van der Waals surface area contributed by atoms with E-state index in [1.165, 1.54) is 0 Å². The van der Waals surface area contributed by atoms with Crippen molar-refractivity contribution in [3.63, 3.8) is 0 Å². The third-order valence-corrected chi connectivity index (χ3v) is 5.17. The van der Waals surface area contributed by atoms with Crippen LogP contribution in [-0.4, -0.2) is 45.8 Å². The number of nitrogens with zero attached hydrogens (tertiary/aromatic N) is 1. The van der Waals surface area contributed by atoms with E-state index in [0.29, 0.717) is 4.31 Å². The van der Waals surface area contributed by atoms with Crippen LogP contribution in [0.1, 0.15) is 11.1 Å². The summed E-state index contributed by atoms with van der Waals surface area (Å²) in [5.74, 6) is 0. The molecule has 0 spiro atoms. The van der Waals surface area contributed by atoms with Gasteiger partial charge in [-0.15, -0.1) is 0 Å². The van der Waals surface area contributed by atoms with Crippen molar-refractivity contribution in [2.24, 2.45) is 0 Å². The number of likely N-dealkylation sites (N-methyl/N-ethyl adjacent to an activating group) is 1. The Morgan fingerprint density at radius 3 is 1.84 bits per heavy atom. The molecule has 1 aromatic carbocycles. The number of rotatable bonds is 4. The molecule has 0 saturated carbocycles. The van der Waals surface area contributed by atoms with Crippen LogP contribution in [0.25, 0.3) is 0 Å². The van der Waals surface area contributed by atoms with E-state index in [1.54, 1.807) is 0 Å². The maximum absolute atomic E-state index is 12.8. The summed E-state index contributed by atoms with van der Waals surface area (Å²) in [6.07, 6.45) is -11.2. The zero-order chi connectivity index (χ0) is 19.0. The number of ether oxygens (including phenoxy) is 2. The molecule has 1 aliphatic rings. The van der Waals surface area contributed by atoms with Gasteiger partial charge in [0.15, 0.2) is 6.29 Å². The number of hydrogen-bond donors (Lipinski definition) is 0.